The van der Waals surface area contributed by atoms with Crippen molar-refractivity contribution in [3.05, 3.63) is 12.2 Å². The van der Waals surface area contributed by atoms with Crippen molar-refractivity contribution >= 4 is 0 Å². The van der Waals surface area contributed by atoms with E-state index in [2.05, 4.69) is 20.6 Å². The van der Waals surface area contributed by atoms with Gasteiger partial charge in [-0.15, -0.1) is 0 Å². The molecule has 11 heavy (non-hydrogen) atoms. The largest absolute Gasteiger partial charge is 0.323 e. The Labute approximate surface area is 70.3 Å². The predicted octanol–water partition coefficient (Wildman–Crippen LogP) is 2.19. The van der Waals surface area contributed by atoms with Crippen molar-refractivity contribution in [3.63, 3.8) is 0 Å². The molecule has 0 amide bonds. The highest BCUT2D eigenvalue weighted by Gasteiger charge is 2.23. The monoisotopic (exact) mass is 154 g/mol. The molecule has 0 aromatic carbocycles. The van der Waals surface area contributed by atoms with Crippen molar-refractivity contribution < 1.29 is 4.48 Å². The van der Waals surface area contributed by atoms with E-state index in [4.69, 9.17) is 0 Å². The summed E-state index contributed by atoms with van der Waals surface area (Å²) < 4.78 is 1.23. The number of rotatable bonds is 2. The van der Waals surface area contributed by atoms with Gasteiger partial charge in [-0.3, -0.25) is 0 Å². The van der Waals surface area contributed by atoms with Gasteiger partial charge >= 0.3 is 0 Å². The van der Waals surface area contributed by atoms with Crippen LogP contribution in [0.5, 0.6) is 0 Å². The van der Waals surface area contributed by atoms with Crippen LogP contribution in [0.1, 0.15) is 26.2 Å². The number of piperidine rings is 1. The summed E-state index contributed by atoms with van der Waals surface area (Å²) in [7, 11) is 2.36. The molecule has 0 spiro atoms. The van der Waals surface area contributed by atoms with Gasteiger partial charge < -0.3 is 4.48 Å². The summed E-state index contributed by atoms with van der Waals surface area (Å²) in [6.45, 7) is 10.0. The topological polar surface area (TPSA) is 0 Å². The van der Waals surface area contributed by atoms with Crippen molar-refractivity contribution in [2.75, 3.05) is 26.7 Å². The Morgan fingerprint density at radius 1 is 1.27 bits per heavy atom. The SMILES string of the molecule is C=C(C)C[N+]1(C)CCCCC1. The third-order valence-corrected chi connectivity index (χ3v) is 2.55. The fourth-order valence-electron chi connectivity index (χ4n) is 2.09. The molecule has 1 rings (SSSR count). The van der Waals surface area contributed by atoms with E-state index in [0.717, 1.165) is 0 Å². The Kier molecular flexibility index (Phi) is 2.72. The summed E-state index contributed by atoms with van der Waals surface area (Å²) in [6, 6.07) is 0. The molecule has 0 atom stereocenters. The first kappa shape index (κ1) is 8.79. The Morgan fingerprint density at radius 3 is 2.27 bits per heavy atom. The number of hydrogen-bond donors (Lipinski definition) is 0. The molecule has 0 N–H and O–H groups in total. The maximum Gasteiger partial charge on any atom is 0.0995 e. The summed E-state index contributed by atoms with van der Waals surface area (Å²) in [6.07, 6.45) is 4.25. The van der Waals surface area contributed by atoms with E-state index in [1.54, 1.807) is 0 Å². The summed E-state index contributed by atoms with van der Waals surface area (Å²) in [4.78, 5) is 0. The van der Waals surface area contributed by atoms with Crippen LogP contribution in [-0.2, 0) is 0 Å². The number of nitrogens with zero attached hydrogens (tertiary/aromatic N) is 1. The Hall–Kier alpha value is -0.300. The Bertz CT molecular complexity index is 143. The lowest BCUT2D eigenvalue weighted by molar-refractivity contribution is -0.909. The normalized spacial score (nSPS) is 23.1. The van der Waals surface area contributed by atoms with Gasteiger partial charge in [-0.2, -0.15) is 0 Å². The van der Waals surface area contributed by atoms with Crippen LogP contribution in [0.15, 0.2) is 12.2 Å². The average molecular weight is 154 g/mol. The smallest absolute Gasteiger partial charge is 0.0995 e. The van der Waals surface area contributed by atoms with Crippen LogP contribution in [0.3, 0.4) is 0 Å². The van der Waals surface area contributed by atoms with Gasteiger partial charge in [0.05, 0.1) is 26.7 Å². The molecular formula is C10H20N+. The molecule has 0 saturated carbocycles. The lowest BCUT2D eigenvalue weighted by Crippen LogP contribution is -2.48. The average Bonchev–Trinajstić information content (AvgIpc) is 1.85. The molecule has 0 aromatic rings. The zero-order chi connectivity index (χ0) is 8.32. The van der Waals surface area contributed by atoms with Crippen molar-refractivity contribution in [3.8, 4) is 0 Å². The third kappa shape index (κ3) is 2.66. The molecule has 1 fully saturated rings. The second-order valence-electron chi connectivity index (χ2n) is 4.24. The van der Waals surface area contributed by atoms with Gasteiger partial charge in [0, 0.05) is 0 Å². The van der Waals surface area contributed by atoms with Gasteiger partial charge in [0.1, 0.15) is 0 Å². The predicted molar refractivity (Wildman–Crippen MR) is 49.5 cm³/mol. The molecular weight excluding hydrogens is 134 g/mol. The van der Waals surface area contributed by atoms with Crippen molar-refractivity contribution in [1.29, 1.82) is 0 Å². The third-order valence-electron chi connectivity index (χ3n) is 2.55. The minimum Gasteiger partial charge on any atom is -0.323 e. The Morgan fingerprint density at radius 2 is 1.82 bits per heavy atom. The van der Waals surface area contributed by atoms with Crippen LogP contribution in [0.2, 0.25) is 0 Å². The maximum atomic E-state index is 3.98. The number of likely N-dealkylation sites (tertiary alicyclic amines) is 1. The zero-order valence-electron chi connectivity index (χ0n) is 7.90. The van der Waals surface area contributed by atoms with Crippen LogP contribution in [0.25, 0.3) is 0 Å². The first-order valence-corrected chi connectivity index (χ1v) is 4.60. The van der Waals surface area contributed by atoms with Gasteiger partial charge in [-0.25, -0.2) is 0 Å². The first-order chi connectivity index (χ1) is 5.12. The van der Waals surface area contributed by atoms with Crippen LogP contribution in [0, 0.1) is 0 Å². The lowest BCUT2D eigenvalue weighted by Gasteiger charge is -2.37. The molecule has 0 unspecified atom stereocenters. The van der Waals surface area contributed by atoms with Crippen LogP contribution < -0.4 is 0 Å². The van der Waals surface area contributed by atoms with E-state index in [-0.39, 0.29) is 0 Å². The van der Waals surface area contributed by atoms with E-state index >= 15 is 0 Å². The van der Waals surface area contributed by atoms with Gasteiger partial charge in [0.25, 0.3) is 0 Å². The molecule has 0 aliphatic carbocycles. The Balaban J connectivity index is 2.43. The van der Waals surface area contributed by atoms with E-state index in [1.165, 1.54) is 49.0 Å². The van der Waals surface area contributed by atoms with E-state index in [1.807, 2.05) is 0 Å². The highest BCUT2D eigenvalue weighted by molar-refractivity contribution is 4.88. The maximum absolute atomic E-state index is 3.98. The minimum atomic E-state index is 1.18. The summed E-state index contributed by atoms with van der Waals surface area (Å²) in [5.41, 5.74) is 1.33. The first-order valence-electron chi connectivity index (χ1n) is 4.60. The molecule has 0 radical (unpaired) electrons. The minimum absolute atomic E-state index is 1.18. The lowest BCUT2D eigenvalue weighted by atomic mass is 10.1. The highest BCUT2D eigenvalue weighted by Crippen LogP contribution is 2.17. The number of quaternary nitrogens is 1. The quantitative estimate of drug-likeness (QED) is 0.422. The zero-order valence-corrected chi connectivity index (χ0v) is 7.90. The van der Waals surface area contributed by atoms with E-state index in [9.17, 15) is 0 Å². The summed E-state index contributed by atoms with van der Waals surface area (Å²) >= 11 is 0. The summed E-state index contributed by atoms with van der Waals surface area (Å²) in [5, 5.41) is 0. The number of hydrogen-bond acceptors (Lipinski definition) is 0. The van der Waals surface area contributed by atoms with Gasteiger partial charge in [0.2, 0.25) is 0 Å². The molecule has 1 aliphatic heterocycles. The number of likely N-dealkylation sites (N-methyl/N-ethyl adjacent to an activating group) is 1. The van der Waals surface area contributed by atoms with Gasteiger partial charge in [0.15, 0.2) is 0 Å². The van der Waals surface area contributed by atoms with Crippen LogP contribution >= 0.6 is 0 Å². The fraction of sp³-hybridized carbons (Fsp3) is 0.800. The van der Waals surface area contributed by atoms with Crippen molar-refractivity contribution in [1.82, 2.24) is 0 Å². The molecule has 64 valence electrons. The highest BCUT2D eigenvalue weighted by atomic mass is 15.3. The molecule has 1 nitrogen and oxygen atoms in total. The fourth-order valence-corrected chi connectivity index (χ4v) is 2.09. The summed E-state index contributed by atoms with van der Waals surface area (Å²) in [5.74, 6) is 0. The van der Waals surface area contributed by atoms with Crippen molar-refractivity contribution in [2.45, 2.75) is 26.2 Å². The van der Waals surface area contributed by atoms with E-state index in [0.29, 0.717) is 0 Å². The van der Waals surface area contributed by atoms with E-state index < -0.39 is 0 Å². The second-order valence-corrected chi connectivity index (χ2v) is 4.24. The van der Waals surface area contributed by atoms with Crippen LogP contribution in [-0.4, -0.2) is 31.2 Å². The van der Waals surface area contributed by atoms with Gasteiger partial charge in [-0.1, -0.05) is 6.58 Å². The van der Waals surface area contributed by atoms with Crippen LogP contribution in [0.4, 0.5) is 0 Å². The molecule has 1 aliphatic rings. The standard InChI is InChI=1S/C10H20N/c1-10(2)9-11(3)7-5-4-6-8-11/h1,4-9H2,2-3H3/q+1. The molecule has 1 heteroatoms. The second kappa shape index (κ2) is 3.40. The van der Waals surface area contributed by atoms with Crippen molar-refractivity contribution in [2.24, 2.45) is 0 Å². The molecule has 0 aromatic heterocycles. The molecule has 1 saturated heterocycles. The van der Waals surface area contributed by atoms with Gasteiger partial charge in [-0.05, 0) is 31.8 Å². The molecule has 0 bridgehead atoms. The molecule has 1 heterocycles.